The molecule has 0 saturated heterocycles. The van der Waals surface area contributed by atoms with E-state index in [0.29, 0.717) is 6.61 Å². The molecule has 3 nitrogen and oxygen atoms in total. The Kier molecular flexibility index (Phi) is 3.49. The molecule has 90 valence electrons. The van der Waals surface area contributed by atoms with Gasteiger partial charge in [0.15, 0.2) is 0 Å². The van der Waals surface area contributed by atoms with Crippen molar-refractivity contribution < 1.29 is 14.3 Å². The SMILES string of the molecule is CCOc1ccc(CO)cc1-c1ccc(C)o1. The molecule has 0 aliphatic carbocycles. The molecular formula is C14H16O3. The summed E-state index contributed by atoms with van der Waals surface area (Å²) in [5, 5.41) is 9.16. The first-order valence-electron chi connectivity index (χ1n) is 5.68. The highest BCUT2D eigenvalue weighted by Gasteiger charge is 2.10. The van der Waals surface area contributed by atoms with E-state index < -0.39 is 0 Å². The number of aryl methyl sites for hydroxylation is 1. The molecule has 0 radical (unpaired) electrons. The molecule has 2 rings (SSSR count). The molecule has 1 aromatic heterocycles. The van der Waals surface area contributed by atoms with Crippen molar-refractivity contribution >= 4 is 0 Å². The van der Waals surface area contributed by atoms with Crippen LogP contribution in [0.2, 0.25) is 0 Å². The van der Waals surface area contributed by atoms with Crippen LogP contribution in [-0.4, -0.2) is 11.7 Å². The van der Waals surface area contributed by atoms with E-state index in [0.717, 1.165) is 28.4 Å². The minimum Gasteiger partial charge on any atom is -0.493 e. The predicted molar refractivity (Wildman–Crippen MR) is 66.0 cm³/mol. The van der Waals surface area contributed by atoms with Crippen LogP contribution in [0.15, 0.2) is 34.7 Å². The second kappa shape index (κ2) is 5.06. The molecule has 0 fully saturated rings. The number of hydrogen-bond acceptors (Lipinski definition) is 3. The largest absolute Gasteiger partial charge is 0.493 e. The van der Waals surface area contributed by atoms with Gasteiger partial charge >= 0.3 is 0 Å². The lowest BCUT2D eigenvalue weighted by molar-refractivity contribution is 0.281. The average molecular weight is 232 g/mol. The van der Waals surface area contributed by atoms with Gasteiger partial charge in [0.25, 0.3) is 0 Å². The van der Waals surface area contributed by atoms with Crippen LogP contribution in [0.4, 0.5) is 0 Å². The van der Waals surface area contributed by atoms with E-state index in [1.54, 1.807) is 0 Å². The molecule has 0 atom stereocenters. The van der Waals surface area contributed by atoms with Gasteiger partial charge < -0.3 is 14.3 Å². The fourth-order valence-electron chi connectivity index (χ4n) is 1.73. The predicted octanol–water partition coefficient (Wildman–Crippen LogP) is 3.15. The highest BCUT2D eigenvalue weighted by Crippen LogP contribution is 2.32. The molecule has 0 aliphatic heterocycles. The highest BCUT2D eigenvalue weighted by molar-refractivity contribution is 5.67. The second-order valence-electron chi connectivity index (χ2n) is 3.83. The summed E-state index contributed by atoms with van der Waals surface area (Å²) in [7, 11) is 0. The fraction of sp³-hybridized carbons (Fsp3) is 0.286. The lowest BCUT2D eigenvalue weighted by atomic mass is 10.1. The van der Waals surface area contributed by atoms with Crippen LogP contribution in [0.25, 0.3) is 11.3 Å². The summed E-state index contributed by atoms with van der Waals surface area (Å²) in [6.07, 6.45) is 0. The smallest absolute Gasteiger partial charge is 0.137 e. The topological polar surface area (TPSA) is 42.6 Å². The molecule has 0 spiro atoms. The first-order chi connectivity index (χ1) is 8.24. The zero-order chi connectivity index (χ0) is 12.3. The zero-order valence-electron chi connectivity index (χ0n) is 10.1. The number of benzene rings is 1. The number of hydrogen-bond donors (Lipinski definition) is 1. The van der Waals surface area contributed by atoms with E-state index in [-0.39, 0.29) is 6.61 Å². The molecule has 0 amide bonds. The maximum absolute atomic E-state index is 9.16. The molecule has 1 aromatic carbocycles. The van der Waals surface area contributed by atoms with Crippen molar-refractivity contribution in [3.05, 3.63) is 41.7 Å². The summed E-state index contributed by atoms with van der Waals surface area (Å²) in [4.78, 5) is 0. The van der Waals surface area contributed by atoms with Gasteiger partial charge in [0.1, 0.15) is 17.3 Å². The van der Waals surface area contributed by atoms with Gasteiger partial charge in [-0.1, -0.05) is 6.07 Å². The number of aliphatic hydroxyl groups is 1. The molecule has 0 unspecified atom stereocenters. The van der Waals surface area contributed by atoms with Crippen LogP contribution in [0.3, 0.4) is 0 Å². The van der Waals surface area contributed by atoms with Crippen molar-refractivity contribution in [2.75, 3.05) is 6.61 Å². The third kappa shape index (κ3) is 2.50. The van der Waals surface area contributed by atoms with Crippen molar-refractivity contribution in [3.8, 4) is 17.1 Å². The molecule has 17 heavy (non-hydrogen) atoms. The van der Waals surface area contributed by atoms with Crippen molar-refractivity contribution in [3.63, 3.8) is 0 Å². The quantitative estimate of drug-likeness (QED) is 0.880. The van der Waals surface area contributed by atoms with Crippen LogP contribution < -0.4 is 4.74 Å². The molecule has 1 N–H and O–H groups in total. The minimum absolute atomic E-state index is 0.0130. The molecule has 3 heteroatoms. The summed E-state index contributed by atoms with van der Waals surface area (Å²) in [6, 6.07) is 9.43. The fourth-order valence-corrected chi connectivity index (χ4v) is 1.73. The first kappa shape index (κ1) is 11.7. The van der Waals surface area contributed by atoms with E-state index in [2.05, 4.69) is 0 Å². The van der Waals surface area contributed by atoms with Crippen LogP contribution >= 0.6 is 0 Å². The summed E-state index contributed by atoms with van der Waals surface area (Å²) in [5.74, 6) is 2.40. The maximum atomic E-state index is 9.16. The Hall–Kier alpha value is -1.74. The van der Waals surface area contributed by atoms with Gasteiger partial charge in [0.05, 0.1) is 18.8 Å². The van der Waals surface area contributed by atoms with Crippen molar-refractivity contribution in [1.29, 1.82) is 0 Å². The maximum Gasteiger partial charge on any atom is 0.137 e. The van der Waals surface area contributed by atoms with Crippen LogP contribution in [0, 0.1) is 6.92 Å². The third-order valence-corrected chi connectivity index (χ3v) is 2.53. The lowest BCUT2D eigenvalue weighted by Gasteiger charge is -2.09. The van der Waals surface area contributed by atoms with Gasteiger partial charge in [0.2, 0.25) is 0 Å². The Bertz CT molecular complexity index is 500. The van der Waals surface area contributed by atoms with Gasteiger partial charge in [-0.2, -0.15) is 0 Å². The molecule has 0 bridgehead atoms. The zero-order valence-corrected chi connectivity index (χ0v) is 10.1. The number of furan rings is 1. The number of ether oxygens (including phenoxy) is 1. The Labute approximate surface area is 101 Å². The van der Waals surface area contributed by atoms with Crippen molar-refractivity contribution in [2.24, 2.45) is 0 Å². The van der Waals surface area contributed by atoms with Gasteiger partial charge in [-0.15, -0.1) is 0 Å². The molecular weight excluding hydrogens is 216 g/mol. The van der Waals surface area contributed by atoms with Crippen LogP contribution in [0.1, 0.15) is 18.2 Å². The standard InChI is InChI=1S/C14H16O3/c1-3-16-13-7-5-11(9-15)8-12(13)14-6-4-10(2)17-14/h4-8,15H,3,9H2,1-2H3. The van der Waals surface area contributed by atoms with Crippen LogP contribution in [0.5, 0.6) is 5.75 Å². The molecule has 2 aromatic rings. The minimum atomic E-state index is 0.0130. The van der Waals surface area contributed by atoms with Gasteiger partial charge in [-0.3, -0.25) is 0 Å². The monoisotopic (exact) mass is 232 g/mol. The average Bonchev–Trinajstić information content (AvgIpc) is 2.77. The van der Waals surface area contributed by atoms with E-state index in [1.807, 2.05) is 44.2 Å². The lowest BCUT2D eigenvalue weighted by Crippen LogP contribution is -1.95. The van der Waals surface area contributed by atoms with E-state index in [9.17, 15) is 0 Å². The number of rotatable bonds is 4. The Balaban J connectivity index is 2.48. The van der Waals surface area contributed by atoms with Gasteiger partial charge in [-0.05, 0) is 43.7 Å². The second-order valence-corrected chi connectivity index (χ2v) is 3.83. The van der Waals surface area contributed by atoms with E-state index in [1.165, 1.54) is 0 Å². The summed E-state index contributed by atoms with van der Waals surface area (Å²) in [6.45, 7) is 4.46. The molecule has 0 aliphatic rings. The Morgan fingerprint density at radius 2 is 2.06 bits per heavy atom. The number of aliphatic hydroxyl groups excluding tert-OH is 1. The summed E-state index contributed by atoms with van der Waals surface area (Å²) in [5.41, 5.74) is 1.73. The Morgan fingerprint density at radius 1 is 1.24 bits per heavy atom. The molecule has 0 saturated carbocycles. The van der Waals surface area contributed by atoms with Crippen molar-refractivity contribution in [1.82, 2.24) is 0 Å². The summed E-state index contributed by atoms with van der Waals surface area (Å²) < 4.78 is 11.2. The van der Waals surface area contributed by atoms with Crippen LogP contribution in [-0.2, 0) is 6.61 Å². The van der Waals surface area contributed by atoms with E-state index >= 15 is 0 Å². The van der Waals surface area contributed by atoms with Gasteiger partial charge in [-0.25, -0.2) is 0 Å². The van der Waals surface area contributed by atoms with Crippen molar-refractivity contribution in [2.45, 2.75) is 20.5 Å². The third-order valence-electron chi connectivity index (χ3n) is 2.53. The van der Waals surface area contributed by atoms with Gasteiger partial charge in [0, 0.05) is 0 Å². The highest BCUT2D eigenvalue weighted by atomic mass is 16.5. The molecule has 1 heterocycles. The summed E-state index contributed by atoms with van der Waals surface area (Å²) >= 11 is 0. The Morgan fingerprint density at radius 3 is 2.65 bits per heavy atom. The normalized spacial score (nSPS) is 10.5. The van der Waals surface area contributed by atoms with E-state index in [4.69, 9.17) is 14.3 Å². The first-order valence-corrected chi connectivity index (χ1v) is 5.68.